The van der Waals surface area contributed by atoms with E-state index in [0.717, 1.165) is 20.1 Å². The van der Waals surface area contributed by atoms with Crippen LogP contribution in [0, 0.1) is 0 Å². The Hall–Kier alpha value is -2.00. The number of carbonyl (C=O) groups is 1. The Kier molecular flexibility index (Phi) is 9.04. The summed E-state index contributed by atoms with van der Waals surface area (Å²) < 4.78 is 28.4. The third kappa shape index (κ3) is 7.00. The Labute approximate surface area is 206 Å². The molecule has 0 aliphatic carbocycles. The highest BCUT2D eigenvalue weighted by Gasteiger charge is 2.27. The molecule has 3 rings (SSSR count). The fraction of sp³-hybridized carbons (Fsp3) is 0.174. The Morgan fingerprint density at radius 2 is 1.75 bits per heavy atom. The van der Waals surface area contributed by atoms with Crippen molar-refractivity contribution in [3.8, 4) is 0 Å². The van der Waals surface area contributed by atoms with E-state index in [1.54, 1.807) is 54.2 Å². The first-order valence-corrected chi connectivity index (χ1v) is 13.5. The molecule has 3 aromatic carbocycles. The molecule has 0 radical (unpaired) electrons. The first-order valence-electron chi connectivity index (χ1n) is 9.78. The van der Waals surface area contributed by atoms with Gasteiger partial charge in [-0.1, -0.05) is 63.9 Å². The van der Waals surface area contributed by atoms with E-state index >= 15 is 0 Å². The van der Waals surface area contributed by atoms with Crippen LogP contribution in [0.5, 0.6) is 0 Å². The summed E-state index contributed by atoms with van der Waals surface area (Å²) in [6.07, 6.45) is 0. The first-order chi connectivity index (χ1) is 15.4. The number of carbonyl (C=O) groups excluding carboxylic acids is 1. The maximum Gasteiger partial charge on any atom is 0.264 e. The molecule has 0 saturated heterocycles. The molecule has 1 amide bonds. The number of benzene rings is 3. The van der Waals surface area contributed by atoms with Crippen molar-refractivity contribution in [2.24, 2.45) is 0 Å². The molecule has 0 spiro atoms. The van der Waals surface area contributed by atoms with Gasteiger partial charge in [-0.05, 0) is 48.0 Å². The molecule has 0 bridgehead atoms. The van der Waals surface area contributed by atoms with E-state index in [1.807, 2.05) is 24.3 Å². The Morgan fingerprint density at radius 3 is 2.47 bits per heavy atom. The second kappa shape index (κ2) is 11.7. The van der Waals surface area contributed by atoms with Crippen LogP contribution in [0.25, 0.3) is 0 Å². The van der Waals surface area contributed by atoms with Gasteiger partial charge in [0.25, 0.3) is 10.0 Å². The molecule has 0 saturated carbocycles. The normalized spacial score (nSPS) is 11.2. The molecule has 32 heavy (non-hydrogen) atoms. The van der Waals surface area contributed by atoms with Crippen molar-refractivity contribution in [1.29, 1.82) is 0 Å². The largest absolute Gasteiger partial charge is 0.354 e. The minimum absolute atomic E-state index is 0.129. The van der Waals surface area contributed by atoms with Crippen molar-refractivity contribution < 1.29 is 13.2 Å². The molecule has 5 nitrogen and oxygen atoms in total. The number of hydrogen-bond donors (Lipinski definition) is 1. The number of sulfonamides is 1. The lowest BCUT2D eigenvalue weighted by Crippen LogP contribution is -2.41. The third-order valence-corrected chi connectivity index (χ3v) is 7.99. The van der Waals surface area contributed by atoms with Crippen molar-refractivity contribution in [2.75, 3.05) is 23.1 Å². The molecule has 3 aromatic rings. The van der Waals surface area contributed by atoms with E-state index in [1.165, 1.54) is 12.1 Å². The lowest BCUT2D eigenvalue weighted by atomic mass is 10.2. The molecular weight excluding hydrogens is 532 g/mol. The summed E-state index contributed by atoms with van der Waals surface area (Å²) in [5, 5.41) is 3.51. The number of anilines is 1. The summed E-state index contributed by atoms with van der Waals surface area (Å²) in [7, 11) is -3.91. The zero-order valence-corrected chi connectivity index (χ0v) is 21.1. The number of amides is 1. The molecule has 168 valence electrons. The van der Waals surface area contributed by atoms with E-state index < -0.39 is 10.0 Å². The summed E-state index contributed by atoms with van der Waals surface area (Å²) in [5.41, 5.74) is 1.53. The summed E-state index contributed by atoms with van der Waals surface area (Å²) >= 11 is 11.0. The van der Waals surface area contributed by atoms with Crippen molar-refractivity contribution in [1.82, 2.24) is 5.32 Å². The van der Waals surface area contributed by atoms with Gasteiger partial charge in [0.15, 0.2) is 0 Å². The maximum atomic E-state index is 13.3. The number of thioether (sulfide) groups is 1. The zero-order valence-electron chi connectivity index (χ0n) is 17.1. The molecule has 0 aliphatic heterocycles. The number of nitrogens with one attached hydrogen (secondary N) is 1. The predicted octanol–water partition coefficient (Wildman–Crippen LogP) is 5.35. The van der Waals surface area contributed by atoms with Crippen molar-refractivity contribution >= 4 is 60.9 Å². The highest BCUT2D eigenvalue weighted by atomic mass is 79.9. The first kappa shape index (κ1) is 24.6. The SMILES string of the molecule is O=C(CN(c1cccc(Br)c1)S(=O)(=O)c1ccccc1)NCCSCc1cccc(Cl)c1. The predicted molar refractivity (Wildman–Crippen MR) is 136 cm³/mol. The van der Waals surface area contributed by atoms with Crippen molar-refractivity contribution in [3.63, 3.8) is 0 Å². The molecule has 0 aliphatic rings. The lowest BCUT2D eigenvalue weighted by molar-refractivity contribution is -0.119. The quantitative estimate of drug-likeness (QED) is 0.344. The minimum atomic E-state index is -3.91. The second-order valence-corrected chi connectivity index (χ2v) is 11.2. The number of halogens is 2. The monoisotopic (exact) mass is 552 g/mol. The summed E-state index contributed by atoms with van der Waals surface area (Å²) in [4.78, 5) is 12.7. The Morgan fingerprint density at radius 1 is 1.00 bits per heavy atom. The van der Waals surface area contributed by atoms with Crippen LogP contribution in [0.2, 0.25) is 5.02 Å². The fourth-order valence-corrected chi connectivity index (χ4v) is 5.77. The van der Waals surface area contributed by atoms with Crippen LogP contribution in [0.15, 0.2) is 88.2 Å². The van der Waals surface area contributed by atoms with Gasteiger partial charge in [0.2, 0.25) is 5.91 Å². The van der Waals surface area contributed by atoms with Gasteiger partial charge in [-0.2, -0.15) is 11.8 Å². The number of hydrogen-bond acceptors (Lipinski definition) is 4. The van der Waals surface area contributed by atoms with Crippen LogP contribution in [0.4, 0.5) is 5.69 Å². The van der Waals surface area contributed by atoms with Crippen LogP contribution in [0.1, 0.15) is 5.56 Å². The highest BCUT2D eigenvalue weighted by Crippen LogP contribution is 2.26. The standard InChI is InChI=1S/C23H22BrClN2O3S2/c24-19-7-5-9-21(15-19)27(32(29,30)22-10-2-1-3-11-22)16-23(28)26-12-13-31-17-18-6-4-8-20(25)14-18/h1-11,14-15H,12-13,16-17H2,(H,26,28). The fourth-order valence-electron chi connectivity index (χ4n) is 2.93. The van der Waals surface area contributed by atoms with E-state index in [9.17, 15) is 13.2 Å². The zero-order chi connectivity index (χ0) is 23.0. The molecule has 0 heterocycles. The lowest BCUT2D eigenvalue weighted by Gasteiger charge is -2.24. The van der Waals surface area contributed by atoms with Gasteiger partial charge < -0.3 is 5.32 Å². The summed E-state index contributed by atoms with van der Waals surface area (Å²) in [6.45, 7) is 0.119. The Balaban J connectivity index is 1.62. The summed E-state index contributed by atoms with van der Waals surface area (Å²) in [6, 6.07) is 22.6. The van der Waals surface area contributed by atoms with Gasteiger partial charge in [0.1, 0.15) is 6.54 Å². The van der Waals surface area contributed by atoms with Crippen molar-refractivity contribution in [2.45, 2.75) is 10.6 Å². The topological polar surface area (TPSA) is 66.5 Å². The molecule has 0 aromatic heterocycles. The minimum Gasteiger partial charge on any atom is -0.354 e. The average Bonchev–Trinajstić information content (AvgIpc) is 2.78. The van der Waals surface area contributed by atoms with Crippen LogP contribution >= 0.6 is 39.3 Å². The van der Waals surface area contributed by atoms with Crippen LogP contribution in [0.3, 0.4) is 0 Å². The van der Waals surface area contributed by atoms with Gasteiger partial charge in [0.05, 0.1) is 10.6 Å². The number of nitrogens with zero attached hydrogens (tertiary/aromatic N) is 1. The van der Waals surface area contributed by atoms with E-state index in [2.05, 4.69) is 21.2 Å². The van der Waals surface area contributed by atoms with Crippen molar-refractivity contribution in [3.05, 3.63) is 93.9 Å². The van der Waals surface area contributed by atoms with Gasteiger partial charge in [-0.25, -0.2) is 8.42 Å². The second-order valence-electron chi connectivity index (χ2n) is 6.84. The Bertz CT molecular complexity index is 1160. The third-order valence-electron chi connectivity index (χ3n) is 4.44. The smallest absolute Gasteiger partial charge is 0.264 e. The number of rotatable bonds is 10. The highest BCUT2D eigenvalue weighted by molar-refractivity contribution is 9.10. The van der Waals surface area contributed by atoms with Crippen LogP contribution in [-0.4, -0.2) is 33.2 Å². The average molecular weight is 554 g/mol. The summed E-state index contributed by atoms with van der Waals surface area (Å²) in [5.74, 6) is 1.11. The molecule has 0 unspecified atom stereocenters. The van der Waals surface area contributed by atoms with E-state index in [-0.39, 0.29) is 17.3 Å². The molecule has 0 fully saturated rings. The van der Waals surface area contributed by atoms with Crippen LogP contribution < -0.4 is 9.62 Å². The molecular formula is C23H22BrClN2O3S2. The van der Waals surface area contributed by atoms with E-state index in [0.29, 0.717) is 23.0 Å². The van der Waals surface area contributed by atoms with Gasteiger partial charge in [0, 0.05) is 27.5 Å². The van der Waals surface area contributed by atoms with Gasteiger partial charge in [-0.15, -0.1) is 0 Å². The molecule has 0 atom stereocenters. The molecule has 1 N–H and O–H groups in total. The van der Waals surface area contributed by atoms with Crippen LogP contribution in [-0.2, 0) is 20.6 Å². The van der Waals surface area contributed by atoms with Gasteiger partial charge >= 0.3 is 0 Å². The van der Waals surface area contributed by atoms with Gasteiger partial charge in [-0.3, -0.25) is 9.10 Å². The molecule has 9 heteroatoms. The maximum absolute atomic E-state index is 13.3. The van der Waals surface area contributed by atoms with E-state index in [4.69, 9.17) is 11.6 Å².